The number of fused-ring (bicyclic) bond motifs is 2. The van der Waals surface area contributed by atoms with Crippen molar-refractivity contribution in [3.8, 4) is 6.07 Å². The lowest BCUT2D eigenvalue weighted by Gasteiger charge is -2.47. The van der Waals surface area contributed by atoms with Crippen LogP contribution in [0.4, 0.5) is 9.18 Å². The van der Waals surface area contributed by atoms with Crippen LogP contribution in [0.5, 0.6) is 0 Å². The smallest absolute Gasteiger partial charge is 0.410 e. The Hall–Kier alpha value is -2.46. The van der Waals surface area contributed by atoms with E-state index < -0.39 is 23.4 Å². The molecule has 1 aromatic carbocycles. The third kappa shape index (κ3) is 3.96. The summed E-state index contributed by atoms with van der Waals surface area (Å²) in [5, 5.41) is 8.98. The number of nitrogens with zero attached hydrogens (tertiary/aromatic N) is 2. The molecule has 1 aromatic rings. The molecule has 1 amide bonds. The van der Waals surface area contributed by atoms with Gasteiger partial charge in [0.05, 0.1) is 36.4 Å². The number of morpholine rings is 1. The molecule has 2 fully saturated rings. The molecule has 0 aliphatic carbocycles. The second-order valence-electron chi connectivity index (χ2n) is 8.04. The maximum atomic E-state index is 14.4. The Bertz CT molecular complexity index is 782. The number of rotatable bonds is 2. The summed E-state index contributed by atoms with van der Waals surface area (Å²) in [6, 6.07) is 5.45. The molecule has 0 aromatic heterocycles. The lowest BCUT2D eigenvalue weighted by Crippen LogP contribution is -2.60. The predicted octanol–water partition coefficient (Wildman–Crippen LogP) is 3.29. The minimum absolute atomic E-state index is 0.0660. The first-order valence-electron chi connectivity index (χ1n) is 9.03. The van der Waals surface area contributed by atoms with Gasteiger partial charge in [0.25, 0.3) is 0 Å². The SMILES string of the molecule is CC(C)(C)OC(=O)N1C2COCC1CC(C(=O)c1cccc(C#N)c1F)C2. The van der Waals surface area contributed by atoms with Gasteiger partial charge in [-0.25, -0.2) is 9.18 Å². The van der Waals surface area contributed by atoms with Crippen LogP contribution in [0.3, 0.4) is 0 Å². The van der Waals surface area contributed by atoms with Crippen LogP contribution in [-0.2, 0) is 9.47 Å². The lowest BCUT2D eigenvalue weighted by atomic mass is 9.80. The fourth-order valence-corrected chi connectivity index (χ4v) is 3.77. The van der Waals surface area contributed by atoms with Crippen LogP contribution in [0.1, 0.15) is 49.5 Å². The molecule has 144 valence electrons. The van der Waals surface area contributed by atoms with Gasteiger partial charge in [-0.05, 0) is 45.7 Å². The summed E-state index contributed by atoms with van der Waals surface area (Å²) in [5.74, 6) is -1.53. The standard InChI is InChI=1S/C20H23FN2O4/c1-20(2,3)27-19(25)23-14-7-13(8-15(23)11-26-10-14)18(24)16-6-4-5-12(9-22)17(16)21/h4-6,13-15H,7-8,10-11H2,1-3H3. The van der Waals surface area contributed by atoms with Crippen molar-refractivity contribution in [2.75, 3.05) is 13.2 Å². The Morgan fingerprint density at radius 1 is 1.26 bits per heavy atom. The molecule has 2 unspecified atom stereocenters. The number of hydrogen-bond donors (Lipinski definition) is 0. The van der Waals surface area contributed by atoms with Gasteiger partial charge in [0.15, 0.2) is 11.6 Å². The van der Waals surface area contributed by atoms with Crippen LogP contribution in [0, 0.1) is 23.1 Å². The van der Waals surface area contributed by atoms with E-state index in [0.29, 0.717) is 26.1 Å². The molecule has 0 N–H and O–H groups in total. The van der Waals surface area contributed by atoms with Crippen molar-refractivity contribution in [3.63, 3.8) is 0 Å². The number of nitriles is 1. The number of piperidine rings is 1. The predicted molar refractivity (Wildman–Crippen MR) is 94.6 cm³/mol. The number of hydrogen-bond acceptors (Lipinski definition) is 5. The number of benzene rings is 1. The normalized spacial score (nSPS) is 24.9. The van der Waals surface area contributed by atoms with E-state index in [0.717, 1.165) is 0 Å². The van der Waals surface area contributed by atoms with Gasteiger partial charge in [-0.15, -0.1) is 0 Å². The first-order chi connectivity index (χ1) is 12.7. The number of ketones is 1. The van der Waals surface area contributed by atoms with Gasteiger partial charge in [-0.2, -0.15) is 5.26 Å². The Kier molecular flexibility index (Phi) is 5.20. The number of carbonyl (C=O) groups excluding carboxylic acids is 2. The fraction of sp³-hybridized carbons (Fsp3) is 0.550. The molecule has 2 bridgehead atoms. The highest BCUT2D eigenvalue weighted by Crippen LogP contribution is 2.35. The van der Waals surface area contributed by atoms with E-state index in [2.05, 4.69) is 0 Å². The van der Waals surface area contributed by atoms with Gasteiger partial charge >= 0.3 is 6.09 Å². The average Bonchev–Trinajstić information content (AvgIpc) is 2.58. The Labute approximate surface area is 157 Å². The van der Waals surface area contributed by atoms with Gasteiger partial charge in [0.1, 0.15) is 11.7 Å². The number of amides is 1. The number of ether oxygens (including phenoxy) is 2. The van der Waals surface area contributed by atoms with Crippen molar-refractivity contribution >= 4 is 11.9 Å². The van der Waals surface area contributed by atoms with Crippen LogP contribution >= 0.6 is 0 Å². The highest BCUT2D eigenvalue weighted by atomic mass is 19.1. The van der Waals surface area contributed by atoms with Crippen molar-refractivity contribution in [1.82, 2.24) is 4.90 Å². The quantitative estimate of drug-likeness (QED) is 0.742. The van der Waals surface area contributed by atoms with Gasteiger partial charge in [0, 0.05) is 5.92 Å². The van der Waals surface area contributed by atoms with E-state index in [1.165, 1.54) is 18.2 Å². The van der Waals surface area contributed by atoms with Gasteiger partial charge < -0.3 is 9.47 Å². The summed E-state index contributed by atoms with van der Waals surface area (Å²) in [4.78, 5) is 27.1. The monoisotopic (exact) mass is 374 g/mol. The van der Waals surface area contributed by atoms with Crippen LogP contribution in [0.2, 0.25) is 0 Å². The molecule has 2 aliphatic heterocycles. The molecule has 0 saturated carbocycles. The second-order valence-corrected chi connectivity index (χ2v) is 8.04. The van der Waals surface area contributed by atoms with E-state index >= 15 is 0 Å². The van der Waals surface area contributed by atoms with E-state index in [-0.39, 0.29) is 29.0 Å². The number of Topliss-reactive ketones (excluding diaryl/α,β-unsaturated/α-hetero) is 1. The summed E-state index contributed by atoms with van der Waals surface area (Å²) in [7, 11) is 0. The molecule has 0 radical (unpaired) electrons. The zero-order valence-electron chi connectivity index (χ0n) is 15.7. The van der Waals surface area contributed by atoms with Crippen LogP contribution < -0.4 is 0 Å². The minimum Gasteiger partial charge on any atom is -0.444 e. The van der Waals surface area contributed by atoms with E-state index in [9.17, 15) is 14.0 Å². The molecule has 3 rings (SSSR count). The van der Waals surface area contributed by atoms with Crippen LogP contribution in [0.25, 0.3) is 0 Å². The highest BCUT2D eigenvalue weighted by molar-refractivity contribution is 5.98. The first-order valence-corrected chi connectivity index (χ1v) is 9.03. The highest BCUT2D eigenvalue weighted by Gasteiger charge is 2.45. The summed E-state index contributed by atoms with van der Waals surface area (Å²) in [6.07, 6.45) is 0.347. The third-order valence-electron chi connectivity index (χ3n) is 4.88. The van der Waals surface area contributed by atoms with E-state index in [4.69, 9.17) is 14.7 Å². The Balaban J connectivity index is 1.80. The van der Waals surface area contributed by atoms with Crippen molar-refractivity contribution in [2.45, 2.75) is 51.3 Å². The summed E-state index contributed by atoms with van der Waals surface area (Å²) >= 11 is 0. The molecule has 0 spiro atoms. The minimum atomic E-state index is -0.777. The van der Waals surface area contributed by atoms with Crippen molar-refractivity contribution < 1.29 is 23.5 Å². The summed E-state index contributed by atoms with van der Waals surface area (Å²) in [6.45, 7) is 6.05. The third-order valence-corrected chi connectivity index (χ3v) is 4.88. The Morgan fingerprint density at radius 2 is 1.89 bits per heavy atom. The van der Waals surface area contributed by atoms with Crippen molar-refractivity contribution in [2.24, 2.45) is 5.92 Å². The second kappa shape index (κ2) is 7.28. The molecular formula is C20H23FN2O4. The van der Waals surface area contributed by atoms with Crippen LogP contribution in [-0.4, -0.2) is 47.7 Å². The zero-order valence-corrected chi connectivity index (χ0v) is 15.7. The topological polar surface area (TPSA) is 79.6 Å². The molecule has 2 heterocycles. The largest absolute Gasteiger partial charge is 0.444 e. The van der Waals surface area contributed by atoms with Crippen LogP contribution in [0.15, 0.2) is 18.2 Å². The molecule has 2 saturated heterocycles. The molecule has 7 heteroatoms. The number of halogens is 1. The average molecular weight is 374 g/mol. The van der Waals surface area contributed by atoms with Gasteiger partial charge in [-0.3, -0.25) is 9.69 Å². The maximum Gasteiger partial charge on any atom is 0.410 e. The molecule has 2 aliphatic rings. The summed E-state index contributed by atoms with van der Waals surface area (Å²) < 4.78 is 25.5. The lowest BCUT2D eigenvalue weighted by molar-refractivity contribution is -0.0861. The molecule has 2 atom stereocenters. The number of carbonyl (C=O) groups is 2. The van der Waals surface area contributed by atoms with Gasteiger partial charge in [0.2, 0.25) is 0 Å². The molecule has 6 nitrogen and oxygen atoms in total. The first kappa shape index (κ1) is 19.3. The zero-order chi connectivity index (χ0) is 19.8. The molecular weight excluding hydrogens is 351 g/mol. The van der Waals surface area contributed by atoms with Crippen molar-refractivity contribution in [3.05, 3.63) is 35.1 Å². The maximum absolute atomic E-state index is 14.4. The van der Waals surface area contributed by atoms with E-state index in [1.54, 1.807) is 31.7 Å². The van der Waals surface area contributed by atoms with Crippen molar-refractivity contribution in [1.29, 1.82) is 5.26 Å². The van der Waals surface area contributed by atoms with Gasteiger partial charge in [-0.1, -0.05) is 6.07 Å². The van der Waals surface area contributed by atoms with E-state index in [1.807, 2.05) is 0 Å². The molecule has 27 heavy (non-hydrogen) atoms. The summed E-state index contributed by atoms with van der Waals surface area (Å²) in [5.41, 5.74) is -0.820. The fourth-order valence-electron chi connectivity index (χ4n) is 3.77. The Morgan fingerprint density at radius 3 is 2.44 bits per heavy atom.